The predicted molar refractivity (Wildman–Crippen MR) is 90.7 cm³/mol. The number of hydrogen-bond acceptors (Lipinski definition) is 3. The summed E-state index contributed by atoms with van der Waals surface area (Å²) in [5, 5.41) is 0. The normalized spacial score (nSPS) is 16.6. The maximum absolute atomic E-state index is 14.5. The van der Waals surface area contributed by atoms with E-state index >= 15 is 0 Å². The third-order valence-electron chi connectivity index (χ3n) is 4.87. The topological polar surface area (TPSA) is 60.9 Å². The Morgan fingerprint density at radius 2 is 1.96 bits per heavy atom. The first-order chi connectivity index (χ1) is 12.0. The lowest BCUT2D eigenvalue weighted by atomic mass is 10.1. The minimum atomic E-state index is -0.502. The fourth-order valence-corrected chi connectivity index (χ4v) is 3.45. The highest BCUT2D eigenvalue weighted by Crippen LogP contribution is 2.31. The van der Waals surface area contributed by atoms with E-state index in [-0.39, 0.29) is 36.4 Å². The molecule has 1 aromatic carbocycles. The second kappa shape index (κ2) is 6.82. The summed E-state index contributed by atoms with van der Waals surface area (Å²) in [6, 6.07) is 2.89. The minimum Gasteiger partial charge on any atom is -0.342 e. The van der Waals surface area contributed by atoms with Crippen LogP contribution in [0.1, 0.15) is 42.6 Å². The van der Waals surface area contributed by atoms with E-state index in [1.165, 1.54) is 15.9 Å². The molecule has 134 valence electrons. The number of carbonyl (C=O) groups is 3. The molecule has 3 amide bonds. The highest BCUT2D eigenvalue weighted by Gasteiger charge is 2.34. The van der Waals surface area contributed by atoms with Gasteiger partial charge in [0.25, 0.3) is 5.91 Å². The molecule has 1 fully saturated rings. The van der Waals surface area contributed by atoms with Crippen LogP contribution in [0.2, 0.25) is 0 Å². The van der Waals surface area contributed by atoms with E-state index in [2.05, 4.69) is 0 Å². The van der Waals surface area contributed by atoms with Gasteiger partial charge in [-0.2, -0.15) is 0 Å². The Bertz CT molecular complexity index is 731. The molecule has 0 N–H and O–H groups in total. The van der Waals surface area contributed by atoms with Crippen LogP contribution in [-0.4, -0.2) is 53.7 Å². The van der Waals surface area contributed by atoms with Crippen molar-refractivity contribution in [3.05, 3.63) is 29.1 Å². The van der Waals surface area contributed by atoms with Crippen molar-refractivity contribution in [2.24, 2.45) is 0 Å². The lowest BCUT2D eigenvalue weighted by Crippen LogP contribution is -2.40. The van der Waals surface area contributed by atoms with Crippen LogP contribution in [0.5, 0.6) is 0 Å². The molecule has 2 aliphatic heterocycles. The third kappa shape index (κ3) is 3.10. The van der Waals surface area contributed by atoms with E-state index < -0.39 is 5.82 Å². The molecule has 0 radical (unpaired) electrons. The number of benzene rings is 1. The Labute approximate surface area is 146 Å². The molecule has 7 heteroatoms. The van der Waals surface area contributed by atoms with Crippen LogP contribution < -0.4 is 4.90 Å². The average molecular weight is 347 g/mol. The van der Waals surface area contributed by atoms with Gasteiger partial charge in [-0.1, -0.05) is 0 Å². The maximum Gasteiger partial charge on any atom is 0.255 e. The van der Waals surface area contributed by atoms with Gasteiger partial charge in [0, 0.05) is 42.9 Å². The smallest absolute Gasteiger partial charge is 0.255 e. The quantitative estimate of drug-likeness (QED) is 0.816. The highest BCUT2D eigenvalue weighted by molar-refractivity contribution is 6.03. The van der Waals surface area contributed by atoms with E-state index in [1.807, 2.05) is 13.8 Å². The molecular weight excluding hydrogens is 325 g/mol. The molecule has 3 rings (SSSR count). The fraction of sp³-hybridized carbons (Fsp3) is 0.500. The molecule has 0 aliphatic carbocycles. The molecule has 1 aromatic rings. The second-order valence-electron chi connectivity index (χ2n) is 6.33. The summed E-state index contributed by atoms with van der Waals surface area (Å²) < 4.78 is 14.5. The van der Waals surface area contributed by atoms with Crippen molar-refractivity contribution < 1.29 is 18.8 Å². The number of likely N-dealkylation sites (N-methyl/N-ethyl adjacent to an activating group) is 1. The lowest BCUT2D eigenvalue weighted by Gasteiger charge is -2.22. The molecule has 2 heterocycles. The van der Waals surface area contributed by atoms with E-state index in [4.69, 9.17) is 0 Å². The van der Waals surface area contributed by atoms with Crippen LogP contribution in [0, 0.1) is 5.82 Å². The van der Waals surface area contributed by atoms with Crippen LogP contribution in [0.15, 0.2) is 12.1 Å². The van der Waals surface area contributed by atoms with Crippen LogP contribution in [0.25, 0.3) is 0 Å². The molecule has 25 heavy (non-hydrogen) atoms. The van der Waals surface area contributed by atoms with E-state index in [0.717, 1.165) is 6.42 Å². The predicted octanol–water partition coefficient (Wildman–Crippen LogP) is 1.78. The minimum absolute atomic E-state index is 0.0571. The van der Waals surface area contributed by atoms with Gasteiger partial charge in [0.1, 0.15) is 12.4 Å². The monoisotopic (exact) mass is 347 g/mol. The third-order valence-corrected chi connectivity index (χ3v) is 4.87. The summed E-state index contributed by atoms with van der Waals surface area (Å²) in [6.07, 6.45) is 1.17. The van der Waals surface area contributed by atoms with Gasteiger partial charge in [-0.25, -0.2) is 4.39 Å². The highest BCUT2D eigenvalue weighted by atomic mass is 19.1. The number of amides is 3. The first-order valence-corrected chi connectivity index (χ1v) is 8.66. The number of rotatable bonds is 5. The summed E-state index contributed by atoms with van der Waals surface area (Å²) in [5.74, 6) is -1.07. The molecule has 0 bridgehead atoms. The van der Waals surface area contributed by atoms with Gasteiger partial charge in [0.05, 0.1) is 6.54 Å². The Morgan fingerprint density at radius 3 is 2.56 bits per heavy atom. The van der Waals surface area contributed by atoms with Gasteiger partial charge in [0.15, 0.2) is 0 Å². The summed E-state index contributed by atoms with van der Waals surface area (Å²) in [7, 11) is 0. The lowest BCUT2D eigenvalue weighted by molar-refractivity contribution is -0.131. The molecule has 0 saturated carbocycles. The maximum atomic E-state index is 14.5. The molecule has 1 saturated heterocycles. The van der Waals surface area contributed by atoms with Crippen LogP contribution >= 0.6 is 0 Å². The van der Waals surface area contributed by atoms with Crippen LogP contribution in [0.3, 0.4) is 0 Å². The van der Waals surface area contributed by atoms with Gasteiger partial charge in [-0.3, -0.25) is 14.4 Å². The Kier molecular flexibility index (Phi) is 4.74. The van der Waals surface area contributed by atoms with Crippen molar-refractivity contribution >= 4 is 23.4 Å². The number of carbonyl (C=O) groups excluding carboxylic acids is 3. The zero-order chi connectivity index (χ0) is 18.1. The number of nitrogens with zero attached hydrogens (tertiary/aromatic N) is 3. The van der Waals surface area contributed by atoms with Gasteiger partial charge in [-0.15, -0.1) is 0 Å². The van der Waals surface area contributed by atoms with Crippen molar-refractivity contribution in [1.82, 2.24) is 9.80 Å². The van der Waals surface area contributed by atoms with Gasteiger partial charge < -0.3 is 14.7 Å². The Hall–Kier alpha value is -2.44. The first-order valence-electron chi connectivity index (χ1n) is 8.66. The van der Waals surface area contributed by atoms with Crippen molar-refractivity contribution in [1.29, 1.82) is 0 Å². The average Bonchev–Trinajstić information content (AvgIpc) is 3.14. The van der Waals surface area contributed by atoms with E-state index in [9.17, 15) is 18.8 Å². The largest absolute Gasteiger partial charge is 0.342 e. The van der Waals surface area contributed by atoms with Crippen molar-refractivity contribution in [2.45, 2.75) is 33.2 Å². The number of fused-ring (bicyclic) bond motifs is 1. The molecule has 0 aromatic heterocycles. The zero-order valence-corrected chi connectivity index (χ0v) is 14.5. The number of halogens is 1. The Balaban J connectivity index is 1.83. The molecule has 2 aliphatic rings. The molecule has 6 nitrogen and oxygen atoms in total. The Morgan fingerprint density at radius 1 is 1.24 bits per heavy atom. The van der Waals surface area contributed by atoms with E-state index in [1.54, 1.807) is 11.0 Å². The number of hydrogen-bond donors (Lipinski definition) is 0. The summed E-state index contributed by atoms with van der Waals surface area (Å²) in [6.45, 7) is 5.45. The second-order valence-corrected chi connectivity index (χ2v) is 6.33. The van der Waals surface area contributed by atoms with Crippen molar-refractivity contribution in [2.75, 3.05) is 31.1 Å². The summed E-state index contributed by atoms with van der Waals surface area (Å²) in [4.78, 5) is 41.3. The number of anilines is 1. The van der Waals surface area contributed by atoms with Gasteiger partial charge in [-0.05, 0) is 32.4 Å². The molecule has 0 atom stereocenters. The van der Waals surface area contributed by atoms with Crippen LogP contribution in [0.4, 0.5) is 10.1 Å². The van der Waals surface area contributed by atoms with Crippen molar-refractivity contribution in [3.63, 3.8) is 0 Å². The standard InChI is InChI=1S/C18H22FN3O3/c1-3-20(4-2)17(24)11-21-10-14-13(18(21)25)8-12(9-15(14)19)22-7-5-6-16(22)23/h8-9H,3-7,10-11H2,1-2H3. The zero-order valence-electron chi connectivity index (χ0n) is 14.5. The molecule has 0 unspecified atom stereocenters. The SMILES string of the molecule is CCN(CC)C(=O)CN1Cc2c(F)cc(N3CCCC3=O)cc2C1=O. The van der Waals surface area contributed by atoms with Gasteiger partial charge >= 0.3 is 0 Å². The van der Waals surface area contributed by atoms with Crippen molar-refractivity contribution in [3.8, 4) is 0 Å². The van der Waals surface area contributed by atoms with Crippen LogP contribution in [-0.2, 0) is 16.1 Å². The molecular formula is C18H22FN3O3. The van der Waals surface area contributed by atoms with Gasteiger partial charge in [0.2, 0.25) is 11.8 Å². The molecule has 0 spiro atoms. The van der Waals surface area contributed by atoms with E-state index in [0.29, 0.717) is 37.3 Å². The first kappa shape index (κ1) is 17.4. The summed E-state index contributed by atoms with van der Waals surface area (Å²) in [5.41, 5.74) is 0.971. The fourth-order valence-electron chi connectivity index (χ4n) is 3.45. The summed E-state index contributed by atoms with van der Waals surface area (Å²) >= 11 is 0.